The van der Waals surface area contributed by atoms with Gasteiger partial charge in [0.05, 0.1) is 6.54 Å². The standard InChI is InChI=1S/C17H18N8/c1-2-16-21-22-17-8-7-15(23-25(16)17)19-9-13-3-5-14(6-4-13)10-24-12-18-11-20-24/h3-8,11-12H,2,9-10H2,1H3,(H,19,23). The predicted octanol–water partition coefficient (Wildman–Crippen LogP) is 1.94. The van der Waals surface area contributed by atoms with Gasteiger partial charge in [0.2, 0.25) is 0 Å². The Hall–Kier alpha value is -3.29. The van der Waals surface area contributed by atoms with Gasteiger partial charge in [-0.15, -0.1) is 15.3 Å². The maximum atomic E-state index is 4.55. The molecule has 0 saturated carbocycles. The Kier molecular flexibility index (Phi) is 4.07. The van der Waals surface area contributed by atoms with Crippen molar-refractivity contribution in [3.63, 3.8) is 0 Å². The van der Waals surface area contributed by atoms with Crippen molar-refractivity contribution in [2.75, 3.05) is 5.32 Å². The fourth-order valence-electron chi connectivity index (χ4n) is 2.60. The number of nitrogens with zero attached hydrogens (tertiary/aromatic N) is 7. The van der Waals surface area contributed by atoms with Crippen LogP contribution >= 0.6 is 0 Å². The van der Waals surface area contributed by atoms with E-state index in [1.165, 1.54) is 11.1 Å². The van der Waals surface area contributed by atoms with Crippen molar-refractivity contribution in [2.24, 2.45) is 0 Å². The summed E-state index contributed by atoms with van der Waals surface area (Å²) in [6, 6.07) is 12.3. The number of aromatic nitrogens is 7. The Labute approximate surface area is 144 Å². The molecule has 0 aliphatic rings. The van der Waals surface area contributed by atoms with E-state index < -0.39 is 0 Å². The maximum Gasteiger partial charge on any atom is 0.178 e. The molecular formula is C17H18N8. The number of aryl methyl sites for hydroxylation is 1. The van der Waals surface area contributed by atoms with Crippen LogP contribution in [0.15, 0.2) is 49.1 Å². The predicted molar refractivity (Wildman–Crippen MR) is 93.1 cm³/mol. The molecule has 4 rings (SSSR count). The second-order valence-electron chi connectivity index (χ2n) is 5.72. The fraction of sp³-hybridized carbons (Fsp3) is 0.235. The van der Waals surface area contributed by atoms with E-state index in [1.54, 1.807) is 21.9 Å². The van der Waals surface area contributed by atoms with Crippen molar-refractivity contribution in [3.05, 3.63) is 66.0 Å². The van der Waals surface area contributed by atoms with Crippen molar-refractivity contribution in [1.82, 2.24) is 34.6 Å². The van der Waals surface area contributed by atoms with Gasteiger partial charge in [-0.3, -0.25) is 0 Å². The van der Waals surface area contributed by atoms with Crippen LogP contribution in [0.25, 0.3) is 5.65 Å². The SMILES string of the molecule is CCc1nnc2ccc(NCc3ccc(Cn4cncn4)cc3)nn12. The molecule has 0 amide bonds. The first kappa shape index (κ1) is 15.3. The fourth-order valence-corrected chi connectivity index (χ4v) is 2.60. The number of nitrogens with one attached hydrogen (secondary N) is 1. The van der Waals surface area contributed by atoms with Crippen LogP contribution in [-0.2, 0) is 19.5 Å². The normalized spacial score (nSPS) is 11.1. The molecule has 1 aromatic carbocycles. The second kappa shape index (κ2) is 6.68. The van der Waals surface area contributed by atoms with Crippen LogP contribution in [-0.4, -0.2) is 34.6 Å². The maximum absolute atomic E-state index is 4.55. The first-order valence-electron chi connectivity index (χ1n) is 8.17. The van der Waals surface area contributed by atoms with Crippen molar-refractivity contribution >= 4 is 11.5 Å². The molecule has 3 heterocycles. The quantitative estimate of drug-likeness (QED) is 0.580. The molecule has 3 aromatic heterocycles. The van der Waals surface area contributed by atoms with Crippen molar-refractivity contribution in [1.29, 1.82) is 0 Å². The smallest absolute Gasteiger partial charge is 0.178 e. The zero-order valence-electron chi connectivity index (χ0n) is 13.9. The van der Waals surface area contributed by atoms with Gasteiger partial charge in [0.15, 0.2) is 11.5 Å². The van der Waals surface area contributed by atoms with Gasteiger partial charge in [-0.1, -0.05) is 31.2 Å². The molecule has 0 bridgehead atoms. The molecule has 0 radical (unpaired) electrons. The molecule has 25 heavy (non-hydrogen) atoms. The molecular weight excluding hydrogens is 316 g/mol. The molecule has 0 fully saturated rings. The lowest BCUT2D eigenvalue weighted by Gasteiger charge is -2.07. The third kappa shape index (κ3) is 3.32. The lowest BCUT2D eigenvalue weighted by atomic mass is 10.1. The summed E-state index contributed by atoms with van der Waals surface area (Å²) < 4.78 is 3.58. The van der Waals surface area contributed by atoms with Gasteiger partial charge in [0.25, 0.3) is 0 Å². The van der Waals surface area contributed by atoms with Gasteiger partial charge in [0, 0.05) is 13.0 Å². The molecule has 0 spiro atoms. The van der Waals surface area contributed by atoms with E-state index in [-0.39, 0.29) is 0 Å². The molecule has 0 saturated heterocycles. The van der Waals surface area contributed by atoms with Gasteiger partial charge in [-0.25, -0.2) is 9.67 Å². The summed E-state index contributed by atoms with van der Waals surface area (Å²) in [5.74, 6) is 1.66. The minimum Gasteiger partial charge on any atom is -0.365 e. The monoisotopic (exact) mass is 334 g/mol. The molecule has 0 unspecified atom stereocenters. The second-order valence-corrected chi connectivity index (χ2v) is 5.72. The highest BCUT2D eigenvalue weighted by Crippen LogP contribution is 2.11. The summed E-state index contributed by atoms with van der Waals surface area (Å²) in [5, 5.41) is 20.2. The van der Waals surface area contributed by atoms with Gasteiger partial charge in [0.1, 0.15) is 18.5 Å². The molecule has 8 nitrogen and oxygen atoms in total. The summed E-state index contributed by atoms with van der Waals surface area (Å²) in [7, 11) is 0. The van der Waals surface area contributed by atoms with Gasteiger partial charge >= 0.3 is 0 Å². The molecule has 1 N–H and O–H groups in total. The number of hydrogen-bond donors (Lipinski definition) is 1. The van der Waals surface area contributed by atoms with E-state index in [4.69, 9.17) is 0 Å². The topological polar surface area (TPSA) is 85.8 Å². The molecule has 0 aliphatic carbocycles. The molecule has 0 atom stereocenters. The van der Waals surface area contributed by atoms with Crippen LogP contribution in [0.2, 0.25) is 0 Å². The number of benzene rings is 1. The third-order valence-electron chi connectivity index (χ3n) is 3.95. The van der Waals surface area contributed by atoms with Gasteiger partial charge in [-0.2, -0.15) is 9.61 Å². The van der Waals surface area contributed by atoms with Crippen LogP contribution in [0.4, 0.5) is 5.82 Å². The molecule has 8 heteroatoms. The summed E-state index contributed by atoms with van der Waals surface area (Å²) in [4.78, 5) is 3.95. The molecule has 0 aliphatic heterocycles. The van der Waals surface area contributed by atoms with Crippen molar-refractivity contribution < 1.29 is 0 Å². The van der Waals surface area contributed by atoms with Crippen molar-refractivity contribution in [2.45, 2.75) is 26.4 Å². The molecule has 126 valence electrons. The van der Waals surface area contributed by atoms with Crippen LogP contribution in [0.5, 0.6) is 0 Å². The summed E-state index contributed by atoms with van der Waals surface area (Å²) in [6.45, 7) is 3.46. The Morgan fingerprint density at radius 1 is 1.00 bits per heavy atom. The highest BCUT2D eigenvalue weighted by atomic mass is 15.4. The number of rotatable bonds is 6. The summed E-state index contributed by atoms with van der Waals surface area (Å²) in [6.07, 6.45) is 4.06. The number of hydrogen-bond acceptors (Lipinski definition) is 6. The third-order valence-corrected chi connectivity index (χ3v) is 3.95. The van der Waals surface area contributed by atoms with Crippen LogP contribution in [0.1, 0.15) is 23.9 Å². The summed E-state index contributed by atoms with van der Waals surface area (Å²) >= 11 is 0. The van der Waals surface area contributed by atoms with E-state index in [9.17, 15) is 0 Å². The minimum atomic E-state index is 0.700. The first-order valence-corrected chi connectivity index (χ1v) is 8.17. The van der Waals surface area contributed by atoms with Gasteiger partial charge < -0.3 is 5.32 Å². The highest BCUT2D eigenvalue weighted by molar-refractivity contribution is 5.44. The Bertz CT molecular complexity index is 956. The molecule has 4 aromatic rings. The largest absolute Gasteiger partial charge is 0.365 e. The van der Waals surface area contributed by atoms with Crippen LogP contribution in [0.3, 0.4) is 0 Å². The van der Waals surface area contributed by atoms with E-state index in [1.807, 2.05) is 19.1 Å². The summed E-state index contributed by atoms with van der Waals surface area (Å²) in [5.41, 5.74) is 3.13. The Morgan fingerprint density at radius 3 is 2.60 bits per heavy atom. The van der Waals surface area contributed by atoms with E-state index in [0.717, 1.165) is 30.3 Å². The zero-order valence-corrected chi connectivity index (χ0v) is 13.9. The minimum absolute atomic E-state index is 0.700. The lowest BCUT2D eigenvalue weighted by Crippen LogP contribution is -2.06. The average Bonchev–Trinajstić information content (AvgIpc) is 3.30. The van der Waals surface area contributed by atoms with E-state index in [2.05, 4.69) is 55.0 Å². The number of anilines is 1. The van der Waals surface area contributed by atoms with Crippen molar-refractivity contribution in [3.8, 4) is 0 Å². The lowest BCUT2D eigenvalue weighted by molar-refractivity contribution is 0.684. The van der Waals surface area contributed by atoms with E-state index >= 15 is 0 Å². The Balaban J connectivity index is 1.42. The first-order chi connectivity index (χ1) is 12.3. The highest BCUT2D eigenvalue weighted by Gasteiger charge is 2.05. The van der Waals surface area contributed by atoms with E-state index in [0.29, 0.717) is 6.54 Å². The zero-order chi connectivity index (χ0) is 17.1. The van der Waals surface area contributed by atoms with Gasteiger partial charge in [-0.05, 0) is 23.3 Å². The average molecular weight is 334 g/mol. The van der Waals surface area contributed by atoms with Crippen LogP contribution in [0, 0.1) is 0 Å². The van der Waals surface area contributed by atoms with Crippen LogP contribution < -0.4 is 5.32 Å². The number of fused-ring (bicyclic) bond motifs is 1. The Morgan fingerprint density at radius 2 is 1.84 bits per heavy atom.